The molecule has 0 aliphatic heterocycles. The molecule has 2 N–H and O–H groups in total. The Morgan fingerprint density at radius 3 is 2.70 bits per heavy atom. The summed E-state index contributed by atoms with van der Waals surface area (Å²) < 4.78 is 0. The third-order valence-corrected chi connectivity index (χ3v) is 4.58. The Hall–Kier alpha value is -2.54. The maximum atomic E-state index is 12.7. The van der Waals surface area contributed by atoms with E-state index in [4.69, 9.17) is 9.97 Å². The van der Waals surface area contributed by atoms with E-state index in [2.05, 4.69) is 10.3 Å². The third kappa shape index (κ3) is 4.24. The van der Waals surface area contributed by atoms with Gasteiger partial charge in [-0.15, -0.1) is 0 Å². The third-order valence-electron chi connectivity index (χ3n) is 4.58. The summed E-state index contributed by atoms with van der Waals surface area (Å²) in [7, 11) is 1.80. The molecule has 0 saturated heterocycles. The predicted octanol–water partition coefficient (Wildman–Crippen LogP) is 1.74. The van der Waals surface area contributed by atoms with Crippen LogP contribution in [0.3, 0.4) is 0 Å². The molecular formula is C20H27N5O2. The van der Waals surface area contributed by atoms with Crippen LogP contribution in [0.4, 0.5) is 5.82 Å². The molecule has 1 aliphatic rings. The summed E-state index contributed by atoms with van der Waals surface area (Å²) in [6, 6.07) is 4.90. The number of pyridine rings is 1. The van der Waals surface area contributed by atoms with E-state index < -0.39 is 6.04 Å². The minimum Gasteiger partial charge on any atom is -0.394 e. The summed E-state index contributed by atoms with van der Waals surface area (Å²) >= 11 is 0. The first-order chi connectivity index (χ1) is 12.8. The first kappa shape index (κ1) is 19.2. The zero-order valence-electron chi connectivity index (χ0n) is 16.4. The minimum absolute atomic E-state index is 0.225. The van der Waals surface area contributed by atoms with Gasteiger partial charge in [-0.25, -0.2) is 9.97 Å². The number of rotatable bonds is 5. The van der Waals surface area contributed by atoms with Crippen LogP contribution in [0.25, 0.3) is 11.5 Å². The van der Waals surface area contributed by atoms with Gasteiger partial charge >= 0.3 is 0 Å². The van der Waals surface area contributed by atoms with E-state index in [0.717, 1.165) is 30.5 Å². The van der Waals surface area contributed by atoms with E-state index in [1.165, 1.54) is 0 Å². The fourth-order valence-corrected chi connectivity index (χ4v) is 3.30. The average Bonchev–Trinajstić information content (AvgIpc) is 3.09. The molecule has 1 aliphatic carbocycles. The number of aliphatic hydroxyl groups excluding tert-OH is 1. The quantitative estimate of drug-likeness (QED) is 0.834. The van der Waals surface area contributed by atoms with Gasteiger partial charge in [0.1, 0.15) is 17.6 Å². The van der Waals surface area contributed by atoms with E-state index in [9.17, 15) is 9.90 Å². The number of nitrogens with one attached hydrogen (secondary N) is 1. The van der Waals surface area contributed by atoms with Crippen LogP contribution in [0.1, 0.15) is 38.4 Å². The van der Waals surface area contributed by atoms with Crippen molar-refractivity contribution in [2.24, 2.45) is 0 Å². The van der Waals surface area contributed by atoms with Crippen LogP contribution in [0.2, 0.25) is 0 Å². The van der Waals surface area contributed by atoms with Crippen molar-refractivity contribution >= 4 is 11.7 Å². The highest BCUT2D eigenvalue weighted by Crippen LogP contribution is 2.31. The second-order valence-corrected chi connectivity index (χ2v) is 7.91. The molecule has 2 aromatic rings. The zero-order valence-corrected chi connectivity index (χ0v) is 16.4. The van der Waals surface area contributed by atoms with Crippen molar-refractivity contribution in [2.45, 2.75) is 51.6 Å². The van der Waals surface area contributed by atoms with Crippen molar-refractivity contribution in [3.63, 3.8) is 0 Å². The Bertz CT molecular complexity index is 817. The second kappa shape index (κ2) is 7.60. The first-order valence-electron chi connectivity index (χ1n) is 9.27. The number of hydrogen-bond acceptors (Lipinski definition) is 6. The van der Waals surface area contributed by atoms with Gasteiger partial charge in [0.05, 0.1) is 6.61 Å². The molecule has 0 spiro atoms. The Morgan fingerprint density at radius 2 is 2.07 bits per heavy atom. The molecule has 0 radical (unpaired) electrons. The van der Waals surface area contributed by atoms with Gasteiger partial charge in [-0.05, 0) is 52.2 Å². The van der Waals surface area contributed by atoms with Crippen LogP contribution in [0, 0.1) is 0 Å². The fourth-order valence-electron chi connectivity index (χ4n) is 3.30. The molecule has 7 nitrogen and oxygen atoms in total. The average molecular weight is 369 g/mol. The molecule has 1 amide bonds. The van der Waals surface area contributed by atoms with Crippen LogP contribution >= 0.6 is 0 Å². The summed E-state index contributed by atoms with van der Waals surface area (Å²) in [5, 5.41) is 12.8. The van der Waals surface area contributed by atoms with Crippen LogP contribution in [-0.4, -0.2) is 51.2 Å². The van der Waals surface area contributed by atoms with Crippen molar-refractivity contribution < 1.29 is 9.90 Å². The molecule has 0 saturated carbocycles. The molecule has 2 aromatic heterocycles. The number of aryl methyl sites for hydroxylation is 1. The summed E-state index contributed by atoms with van der Waals surface area (Å²) in [5.41, 5.74) is 2.37. The number of carbonyl (C=O) groups is 1. The van der Waals surface area contributed by atoms with Crippen molar-refractivity contribution in [1.82, 2.24) is 20.3 Å². The predicted molar refractivity (Wildman–Crippen MR) is 104 cm³/mol. The Morgan fingerprint density at radius 1 is 1.30 bits per heavy atom. The largest absolute Gasteiger partial charge is 0.394 e. The molecule has 1 unspecified atom stereocenters. The standard InChI is InChI=1S/C20H27N5O2/c1-20(2,3)24-19(27)16(12-26)25(4)18-13-8-7-10-14(13)22-17(23-18)15-9-5-6-11-21-15/h5-6,9,11,16,26H,7-8,10,12H2,1-4H3,(H,24,27). The van der Waals surface area contributed by atoms with Gasteiger partial charge in [0.25, 0.3) is 0 Å². The molecule has 2 heterocycles. The van der Waals surface area contributed by atoms with E-state index in [0.29, 0.717) is 17.3 Å². The number of aromatic nitrogens is 3. The fraction of sp³-hybridized carbons (Fsp3) is 0.500. The molecule has 144 valence electrons. The topological polar surface area (TPSA) is 91.2 Å². The highest BCUT2D eigenvalue weighted by atomic mass is 16.3. The first-order valence-corrected chi connectivity index (χ1v) is 9.27. The van der Waals surface area contributed by atoms with Crippen LogP contribution in [0.5, 0.6) is 0 Å². The lowest BCUT2D eigenvalue weighted by molar-refractivity contribution is -0.124. The number of carbonyl (C=O) groups excluding carboxylic acids is 1. The van der Waals surface area contributed by atoms with Crippen molar-refractivity contribution in [3.05, 3.63) is 35.7 Å². The van der Waals surface area contributed by atoms with Crippen LogP contribution in [-0.2, 0) is 17.6 Å². The summed E-state index contributed by atoms with van der Waals surface area (Å²) in [6.45, 7) is 5.46. The number of anilines is 1. The molecule has 3 rings (SSSR count). The molecule has 0 fully saturated rings. The lowest BCUT2D eigenvalue weighted by Gasteiger charge is -2.31. The molecule has 0 aromatic carbocycles. The Balaban J connectivity index is 1.99. The lowest BCUT2D eigenvalue weighted by atomic mass is 10.1. The van der Waals surface area contributed by atoms with Crippen molar-refractivity contribution in [2.75, 3.05) is 18.6 Å². The smallest absolute Gasteiger partial charge is 0.245 e. The van der Waals surface area contributed by atoms with Crippen molar-refractivity contribution in [3.8, 4) is 11.5 Å². The maximum Gasteiger partial charge on any atom is 0.245 e. The highest BCUT2D eigenvalue weighted by molar-refractivity contribution is 5.86. The monoisotopic (exact) mass is 369 g/mol. The molecule has 27 heavy (non-hydrogen) atoms. The van der Waals surface area contributed by atoms with Gasteiger partial charge < -0.3 is 15.3 Å². The molecular weight excluding hydrogens is 342 g/mol. The van der Waals surface area contributed by atoms with E-state index in [1.54, 1.807) is 18.1 Å². The SMILES string of the molecule is CN(c1nc(-c2ccccn2)nc2c1CCC2)C(CO)C(=O)NC(C)(C)C. The summed E-state index contributed by atoms with van der Waals surface area (Å²) in [5.74, 6) is 1.02. The maximum absolute atomic E-state index is 12.7. The normalized spacial score (nSPS) is 14.6. The van der Waals surface area contributed by atoms with Crippen LogP contribution in [0.15, 0.2) is 24.4 Å². The van der Waals surface area contributed by atoms with Crippen molar-refractivity contribution in [1.29, 1.82) is 0 Å². The van der Waals surface area contributed by atoms with Gasteiger partial charge in [0.15, 0.2) is 5.82 Å². The minimum atomic E-state index is -0.722. The van der Waals surface area contributed by atoms with E-state index >= 15 is 0 Å². The Kier molecular flexibility index (Phi) is 5.41. The number of nitrogens with zero attached hydrogens (tertiary/aromatic N) is 4. The molecule has 1 atom stereocenters. The number of fused-ring (bicyclic) bond motifs is 1. The highest BCUT2D eigenvalue weighted by Gasteiger charge is 2.30. The zero-order chi connectivity index (χ0) is 19.6. The molecule has 7 heteroatoms. The van der Waals surface area contributed by atoms with Gasteiger partial charge in [0, 0.05) is 30.0 Å². The number of likely N-dealkylation sites (N-methyl/N-ethyl adjacent to an activating group) is 1. The summed E-state index contributed by atoms with van der Waals surface area (Å²) in [4.78, 5) is 28.2. The number of amides is 1. The van der Waals surface area contributed by atoms with Gasteiger partial charge in [-0.2, -0.15) is 0 Å². The van der Waals surface area contributed by atoms with Gasteiger partial charge in [0.2, 0.25) is 5.91 Å². The summed E-state index contributed by atoms with van der Waals surface area (Å²) in [6.07, 6.45) is 4.48. The lowest BCUT2D eigenvalue weighted by Crippen LogP contribution is -2.53. The number of hydrogen-bond donors (Lipinski definition) is 2. The van der Waals surface area contributed by atoms with Crippen LogP contribution < -0.4 is 10.2 Å². The second-order valence-electron chi connectivity index (χ2n) is 7.91. The van der Waals surface area contributed by atoms with E-state index in [-0.39, 0.29) is 18.1 Å². The Labute approximate surface area is 159 Å². The number of aliphatic hydroxyl groups is 1. The van der Waals surface area contributed by atoms with Gasteiger partial charge in [-0.1, -0.05) is 6.07 Å². The van der Waals surface area contributed by atoms with E-state index in [1.807, 2.05) is 39.0 Å². The molecule has 0 bridgehead atoms. The van der Waals surface area contributed by atoms with Gasteiger partial charge in [-0.3, -0.25) is 9.78 Å².